The Morgan fingerprint density at radius 2 is 1.84 bits per heavy atom. The van der Waals surface area contributed by atoms with Crippen LogP contribution in [0.3, 0.4) is 0 Å². The van der Waals surface area contributed by atoms with Gasteiger partial charge in [-0.25, -0.2) is 0 Å². The summed E-state index contributed by atoms with van der Waals surface area (Å²) in [7, 11) is -0.568. The van der Waals surface area contributed by atoms with E-state index in [1.54, 1.807) is 0 Å². The lowest BCUT2D eigenvalue weighted by Gasteiger charge is -2.20. The van der Waals surface area contributed by atoms with Crippen LogP contribution in [0.2, 0.25) is 0 Å². The highest BCUT2D eigenvalue weighted by molar-refractivity contribution is 7.98. The summed E-state index contributed by atoms with van der Waals surface area (Å²) in [5.41, 5.74) is 1.39. The van der Waals surface area contributed by atoms with Crippen LogP contribution in [0.5, 0.6) is 0 Å². The fourth-order valence-electron chi connectivity index (χ4n) is 2.56. The van der Waals surface area contributed by atoms with Gasteiger partial charge < -0.3 is 0 Å². The highest BCUT2D eigenvalue weighted by atomic mass is 32.2. The molecule has 0 radical (unpaired) electrons. The smallest absolute Gasteiger partial charge is 0.0348 e. The molecule has 19 heavy (non-hydrogen) atoms. The number of hydrogen-bond acceptors (Lipinski definition) is 2. The Bertz CT molecular complexity index is 372. The zero-order chi connectivity index (χ0) is 13.3. The normalized spacial score (nSPS) is 18.3. The van der Waals surface area contributed by atoms with Gasteiger partial charge in [0, 0.05) is 27.6 Å². The van der Waals surface area contributed by atoms with Crippen LogP contribution in [0.4, 0.5) is 0 Å². The predicted molar refractivity (Wildman–Crippen MR) is 87.1 cm³/mol. The first-order valence-electron chi connectivity index (χ1n) is 7.35. The van der Waals surface area contributed by atoms with Crippen molar-refractivity contribution in [3.63, 3.8) is 0 Å². The Morgan fingerprint density at radius 1 is 1.11 bits per heavy atom. The van der Waals surface area contributed by atoms with Gasteiger partial charge in [-0.05, 0) is 30.6 Å². The third-order valence-corrected chi connectivity index (χ3v) is 6.69. The van der Waals surface area contributed by atoms with Crippen molar-refractivity contribution < 1.29 is 4.21 Å². The van der Waals surface area contributed by atoms with Crippen LogP contribution in [0.25, 0.3) is 0 Å². The molecule has 2 rings (SSSR count). The Kier molecular flexibility index (Phi) is 7.00. The third kappa shape index (κ3) is 5.70. The molecule has 0 N–H and O–H groups in total. The molecule has 0 aliphatic heterocycles. The van der Waals surface area contributed by atoms with Crippen molar-refractivity contribution in [2.45, 2.75) is 49.5 Å². The molecule has 1 aromatic rings. The van der Waals surface area contributed by atoms with Crippen LogP contribution in [-0.2, 0) is 16.6 Å². The quantitative estimate of drug-likeness (QED) is 0.694. The minimum atomic E-state index is -0.568. The monoisotopic (exact) mass is 296 g/mol. The van der Waals surface area contributed by atoms with Crippen molar-refractivity contribution in [1.82, 2.24) is 0 Å². The second-order valence-corrected chi connectivity index (χ2v) is 8.18. The van der Waals surface area contributed by atoms with Crippen LogP contribution in [0.15, 0.2) is 30.3 Å². The van der Waals surface area contributed by atoms with Gasteiger partial charge in [0.2, 0.25) is 0 Å². The van der Waals surface area contributed by atoms with Gasteiger partial charge >= 0.3 is 0 Å². The van der Waals surface area contributed by atoms with Gasteiger partial charge in [0.25, 0.3) is 0 Å². The van der Waals surface area contributed by atoms with Gasteiger partial charge in [0.1, 0.15) is 0 Å². The molecule has 0 spiro atoms. The van der Waals surface area contributed by atoms with E-state index in [4.69, 9.17) is 0 Å². The molecule has 0 heterocycles. The zero-order valence-corrected chi connectivity index (χ0v) is 13.2. The number of hydrogen-bond donors (Lipinski definition) is 0. The number of benzene rings is 1. The van der Waals surface area contributed by atoms with Crippen LogP contribution in [0, 0.1) is 0 Å². The first-order valence-corrected chi connectivity index (χ1v) is 9.89. The van der Waals surface area contributed by atoms with Crippen molar-refractivity contribution in [3.8, 4) is 0 Å². The minimum Gasteiger partial charge on any atom is -0.259 e. The molecule has 0 bridgehead atoms. The molecule has 1 aliphatic carbocycles. The average Bonchev–Trinajstić information content (AvgIpc) is 2.49. The molecule has 0 amide bonds. The molecule has 1 nitrogen and oxygen atoms in total. The van der Waals surface area contributed by atoms with Gasteiger partial charge in [-0.1, -0.05) is 49.6 Å². The summed E-state index contributed by atoms with van der Waals surface area (Å²) in [5, 5.41) is 0.507. The van der Waals surface area contributed by atoms with Crippen LogP contribution < -0.4 is 0 Å². The molecule has 106 valence electrons. The zero-order valence-electron chi connectivity index (χ0n) is 11.6. The molecular formula is C16H24OS2. The highest BCUT2D eigenvalue weighted by Gasteiger charge is 2.18. The summed E-state index contributed by atoms with van der Waals surface area (Å²) >= 11 is 1.96. The van der Waals surface area contributed by atoms with Gasteiger partial charge in [0.05, 0.1) is 0 Å². The summed E-state index contributed by atoms with van der Waals surface area (Å²) in [6, 6.07) is 10.6. The van der Waals surface area contributed by atoms with Crippen LogP contribution >= 0.6 is 11.8 Å². The van der Waals surface area contributed by atoms with Gasteiger partial charge in [-0.3, -0.25) is 4.21 Å². The Labute approximate surface area is 124 Å². The molecule has 0 aromatic heterocycles. The second kappa shape index (κ2) is 8.80. The van der Waals surface area contributed by atoms with Crippen LogP contribution in [-0.4, -0.2) is 21.0 Å². The summed E-state index contributed by atoms with van der Waals surface area (Å²) < 4.78 is 12.1. The Hall–Kier alpha value is -0.280. The maximum absolute atomic E-state index is 12.1. The van der Waals surface area contributed by atoms with Gasteiger partial charge in [0.15, 0.2) is 0 Å². The van der Waals surface area contributed by atoms with Crippen molar-refractivity contribution in [2.75, 3.05) is 11.5 Å². The molecule has 1 unspecified atom stereocenters. The van der Waals surface area contributed by atoms with Crippen molar-refractivity contribution in [3.05, 3.63) is 35.9 Å². The molecule has 3 heteroatoms. The van der Waals surface area contributed by atoms with E-state index in [1.807, 2.05) is 11.8 Å². The molecule has 1 saturated carbocycles. The van der Waals surface area contributed by atoms with Crippen molar-refractivity contribution in [2.24, 2.45) is 0 Å². The standard InChI is InChI=1S/C16H24OS2/c17-19(16-10-5-2-6-11-16)13-7-12-18-14-15-8-3-1-4-9-15/h1,3-4,8-9,16H,2,5-7,10-14H2. The Balaban J connectivity index is 1.55. The van der Waals surface area contributed by atoms with E-state index in [2.05, 4.69) is 30.3 Å². The molecule has 1 aromatic carbocycles. The topological polar surface area (TPSA) is 17.1 Å². The van der Waals surface area contributed by atoms with Crippen LogP contribution in [0.1, 0.15) is 44.1 Å². The first kappa shape index (κ1) is 15.1. The van der Waals surface area contributed by atoms with E-state index in [0.29, 0.717) is 5.25 Å². The minimum absolute atomic E-state index is 0.507. The van der Waals surface area contributed by atoms with E-state index in [0.717, 1.165) is 23.7 Å². The summed E-state index contributed by atoms with van der Waals surface area (Å²) in [4.78, 5) is 0. The lowest BCUT2D eigenvalue weighted by molar-refractivity contribution is 0.504. The molecular weight excluding hydrogens is 272 g/mol. The van der Waals surface area contributed by atoms with Gasteiger partial charge in [-0.2, -0.15) is 11.8 Å². The third-order valence-electron chi connectivity index (χ3n) is 3.67. The maximum Gasteiger partial charge on any atom is 0.0348 e. The fourth-order valence-corrected chi connectivity index (χ4v) is 5.29. The largest absolute Gasteiger partial charge is 0.259 e. The average molecular weight is 297 g/mol. The highest BCUT2D eigenvalue weighted by Crippen LogP contribution is 2.22. The fraction of sp³-hybridized carbons (Fsp3) is 0.625. The van der Waals surface area contributed by atoms with E-state index in [9.17, 15) is 4.21 Å². The summed E-state index contributed by atoms with van der Waals surface area (Å²) in [5.74, 6) is 3.12. The number of rotatable bonds is 7. The Morgan fingerprint density at radius 3 is 2.58 bits per heavy atom. The molecule has 0 saturated heterocycles. The lowest BCUT2D eigenvalue weighted by atomic mass is 10.0. The molecule has 1 atom stereocenters. The SMILES string of the molecule is O=S(CCCSCc1ccccc1)C1CCCCC1. The van der Waals surface area contributed by atoms with E-state index in [-0.39, 0.29) is 0 Å². The van der Waals surface area contributed by atoms with E-state index in [1.165, 1.54) is 37.7 Å². The van der Waals surface area contributed by atoms with E-state index < -0.39 is 10.8 Å². The second-order valence-electron chi connectivity index (χ2n) is 5.24. The lowest BCUT2D eigenvalue weighted by Crippen LogP contribution is -2.20. The maximum atomic E-state index is 12.1. The molecule has 1 fully saturated rings. The first-order chi connectivity index (χ1) is 9.36. The number of thioether (sulfide) groups is 1. The summed E-state index contributed by atoms with van der Waals surface area (Å²) in [6.45, 7) is 0. The molecule has 1 aliphatic rings. The van der Waals surface area contributed by atoms with Crippen molar-refractivity contribution in [1.29, 1.82) is 0 Å². The predicted octanol–water partition coefficient (Wildman–Crippen LogP) is 4.39. The summed E-state index contributed by atoms with van der Waals surface area (Å²) in [6.07, 6.45) is 7.42. The van der Waals surface area contributed by atoms with Crippen molar-refractivity contribution >= 4 is 22.6 Å². The van der Waals surface area contributed by atoms with E-state index >= 15 is 0 Å². The van der Waals surface area contributed by atoms with Gasteiger partial charge in [-0.15, -0.1) is 0 Å².